The van der Waals surface area contributed by atoms with E-state index in [1.54, 1.807) is 19.1 Å². The van der Waals surface area contributed by atoms with Crippen LogP contribution in [0.1, 0.15) is 22.8 Å². The Kier molecular flexibility index (Phi) is 4.77. The predicted molar refractivity (Wildman–Crippen MR) is 92.7 cm³/mol. The van der Waals surface area contributed by atoms with Gasteiger partial charge < -0.3 is 9.47 Å². The molecule has 9 heteroatoms. The molecule has 25 heavy (non-hydrogen) atoms. The molecule has 2 heterocycles. The van der Waals surface area contributed by atoms with Crippen LogP contribution in [0.2, 0.25) is 0 Å². The van der Waals surface area contributed by atoms with E-state index < -0.39 is 11.8 Å². The van der Waals surface area contributed by atoms with Gasteiger partial charge in [-0.15, -0.1) is 0 Å². The number of benzene rings is 1. The van der Waals surface area contributed by atoms with E-state index in [2.05, 4.69) is 15.6 Å². The molecule has 0 amide bonds. The summed E-state index contributed by atoms with van der Waals surface area (Å²) < 4.78 is 12.4. The summed E-state index contributed by atoms with van der Waals surface area (Å²) in [5, 5.41) is 6.09. The van der Waals surface area contributed by atoms with Crippen molar-refractivity contribution in [2.45, 2.75) is 20.1 Å². The largest absolute Gasteiger partial charge is 0.460 e. The molecule has 1 atom stereocenters. The molecular formula is C16H16N4O4S. The molecule has 130 valence electrons. The Morgan fingerprint density at radius 2 is 2.28 bits per heavy atom. The van der Waals surface area contributed by atoms with E-state index in [1.165, 1.54) is 6.20 Å². The summed E-state index contributed by atoms with van der Waals surface area (Å²) in [6.07, 6.45) is 1.55. The van der Waals surface area contributed by atoms with Gasteiger partial charge in [0.05, 0.1) is 11.1 Å². The lowest BCUT2D eigenvalue weighted by Crippen LogP contribution is -2.35. The quantitative estimate of drug-likeness (QED) is 0.632. The fraction of sp³-hybridized carbons (Fsp3) is 0.250. The summed E-state index contributed by atoms with van der Waals surface area (Å²) in [6.45, 7) is 4.04. The Morgan fingerprint density at radius 1 is 1.48 bits per heavy atom. The Morgan fingerprint density at radius 3 is 3.00 bits per heavy atom. The van der Waals surface area contributed by atoms with Crippen LogP contribution in [0.4, 0.5) is 0 Å². The van der Waals surface area contributed by atoms with E-state index in [0.29, 0.717) is 17.9 Å². The van der Waals surface area contributed by atoms with E-state index in [1.807, 2.05) is 13.0 Å². The van der Waals surface area contributed by atoms with Gasteiger partial charge in [-0.2, -0.15) is 9.77 Å². The standard InChI is InChI=1S/C16H16N4O4S/c1-3-23-15-11(7-18-20-13(21)8-17-19-16(20)25)14(22)10-6-9(2)4-5-12(10)24-15/h4-8,15,18H,3H2,1-2H3,(H,19,25)/b11-7-. The molecule has 1 aromatic heterocycles. The van der Waals surface area contributed by atoms with Gasteiger partial charge in [-0.05, 0) is 38.2 Å². The lowest BCUT2D eigenvalue weighted by molar-refractivity contribution is -0.0510. The van der Waals surface area contributed by atoms with Gasteiger partial charge in [-0.1, -0.05) is 11.6 Å². The molecule has 2 N–H and O–H groups in total. The number of nitrogens with one attached hydrogen (secondary N) is 2. The molecule has 2 aromatic rings. The molecule has 0 spiro atoms. The molecule has 1 aromatic carbocycles. The number of carbonyl (C=O) groups excluding carboxylic acids is 1. The molecule has 1 unspecified atom stereocenters. The van der Waals surface area contributed by atoms with Crippen LogP contribution in [-0.4, -0.2) is 33.6 Å². The molecule has 8 nitrogen and oxygen atoms in total. The summed E-state index contributed by atoms with van der Waals surface area (Å²) in [6, 6.07) is 5.35. The first-order valence-electron chi connectivity index (χ1n) is 7.58. The molecule has 3 rings (SSSR count). The minimum atomic E-state index is -0.879. The average Bonchev–Trinajstić information content (AvgIpc) is 2.57. The topological polar surface area (TPSA) is 98.2 Å². The van der Waals surface area contributed by atoms with E-state index in [0.717, 1.165) is 16.4 Å². The van der Waals surface area contributed by atoms with Gasteiger partial charge in [-0.25, -0.2) is 0 Å². The van der Waals surface area contributed by atoms with Crippen LogP contribution in [0.25, 0.3) is 0 Å². The number of ketones is 1. The highest BCUT2D eigenvalue weighted by Crippen LogP contribution is 2.31. The number of ether oxygens (including phenoxy) is 2. The maximum atomic E-state index is 12.8. The zero-order valence-corrected chi connectivity index (χ0v) is 14.4. The number of aryl methyl sites for hydroxylation is 1. The zero-order chi connectivity index (χ0) is 18.0. The van der Waals surface area contributed by atoms with Crippen molar-refractivity contribution >= 4 is 18.0 Å². The van der Waals surface area contributed by atoms with Gasteiger partial charge in [0.15, 0.2) is 0 Å². The third-order valence-electron chi connectivity index (χ3n) is 3.56. The van der Waals surface area contributed by atoms with Crippen molar-refractivity contribution in [3.8, 4) is 5.75 Å². The van der Waals surface area contributed by atoms with Crippen LogP contribution in [0.5, 0.6) is 5.75 Å². The number of Topliss-reactive ketones (excluding diaryl/α,β-unsaturated/α-hetero) is 1. The van der Waals surface area contributed by atoms with E-state index >= 15 is 0 Å². The Bertz CT molecular complexity index is 935. The second-order valence-electron chi connectivity index (χ2n) is 5.31. The summed E-state index contributed by atoms with van der Waals surface area (Å²) in [5.41, 5.74) is 3.85. The smallest absolute Gasteiger partial charge is 0.291 e. The van der Waals surface area contributed by atoms with Crippen LogP contribution < -0.4 is 15.7 Å². The van der Waals surface area contributed by atoms with Crippen molar-refractivity contribution < 1.29 is 14.3 Å². The summed E-state index contributed by atoms with van der Waals surface area (Å²) in [5.74, 6) is 0.220. The summed E-state index contributed by atoms with van der Waals surface area (Å²) in [4.78, 5) is 24.7. The maximum Gasteiger partial charge on any atom is 0.291 e. The van der Waals surface area contributed by atoms with Crippen molar-refractivity contribution in [3.05, 3.63) is 62.4 Å². The highest BCUT2D eigenvalue weighted by atomic mass is 32.1. The first-order valence-corrected chi connectivity index (χ1v) is 7.99. The van der Waals surface area contributed by atoms with Crippen LogP contribution >= 0.6 is 12.2 Å². The highest BCUT2D eigenvalue weighted by molar-refractivity contribution is 7.71. The molecular weight excluding hydrogens is 344 g/mol. The van der Waals surface area contributed by atoms with Crippen molar-refractivity contribution in [2.75, 3.05) is 12.0 Å². The predicted octanol–water partition coefficient (Wildman–Crippen LogP) is 1.67. The SMILES string of the molecule is CCOC1Oc2ccc(C)cc2C(=O)/C1=C/Nn1c(=O)cn[nH]c1=S. The second-order valence-corrected chi connectivity index (χ2v) is 5.70. The third-order valence-corrected chi connectivity index (χ3v) is 3.83. The Hall–Kier alpha value is -2.78. The van der Waals surface area contributed by atoms with E-state index in [4.69, 9.17) is 21.7 Å². The Labute approximate surface area is 148 Å². The number of carbonyl (C=O) groups is 1. The highest BCUT2D eigenvalue weighted by Gasteiger charge is 2.32. The zero-order valence-electron chi connectivity index (χ0n) is 13.6. The van der Waals surface area contributed by atoms with Crippen LogP contribution in [0.15, 0.2) is 41.0 Å². The normalized spacial score (nSPS) is 17.9. The molecule has 0 radical (unpaired) electrons. The molecule has 0 saturated heterocycles. The number of aromatic nitrogens is 3. The molecule has 0 aliphatic carbocycles. The van der Waals surface area contributed by atoms with Crippen LogP contribution in [-0.2, 0) is 4.74 Å². The number of aromatic amines is 1. The van der Waals surface area contributed by atoms with Gasteiger partial charge in [0.2, 0.25) is 16.8 Å². The van der Waals surface area contributed by atoms with Gasteiger partial charge in [0.1, 0.15) is 11.9 Å². The van der Waals surface area contributed by atoms with Crippen molar-refractivity contribution in [1.29, 1.82) is 0 Å². The molecule has 0 bridgehead atoms. The number of hydrogen-bond acceptors (Lipinski definition) is 7. The minimum Gasteiger partial charge on any atom is -0.460 e. The van der Waals surface area contributed by atoms with Crippen molar-refractivity contribution in [1.82, 2.24) is 14.9 Å². The van der Waals surface area contributed by atoms with Gasteiger partial charge in [0, 0.05) is 12.8 Å². The number of nitrogens with zero attached hydrogens (tertiary/aromatic N) is 2. The lowest BCUT2D eigenvalue weighted by Gasteiger charge is -2.27. The average molecular weight is 360 g/mol. The first kappa shape index (κ1) is 17.1. The van der Waals surface area contributed by atoms with Gasteiger partial charge >= 0.3 is 0 Å². The molecule has 1 aliphatic heterocycles. The molecule has 1 aliphatic rings. The lowest BCUT2D eigenvalue weighted by atomic mass is 9.98. The number of rotatable bonds is 4. The van der Waals surface area contributed by atoms with E-state index in [-0.39, 0.29) is 16.1 Å². The summed E-state index contributed by atoms with van der Waals surface area (Å²) >= 11 is 5.00. The van der Waals surface area contributed by atoms with Gasteiger partial charge in [0.25, 0.3) is 5.56 Å². The number of hydrogen-bond donors (Lipinski definition) is 2. The first-order chi connectivity index (χ1) is 12.0. The van der Waals surface area contributed by atoms with E-state index in [9.17, 15) is 9.59 Å². The van der Waals surface area contributed by atoms with Crippen LogP contribution in [0, 0.1) is 11.7 Å². The third kappa shape index (κ3) is 3.37. The number of H-pyrrole nitrogens is 1. The Balaban J connectivity index is 2.01. The summed E-state index contributed by atoms with van der Waals surface area (Å²) in [7, 11) is 0. The fourth-order valence-electron chi connectivity index (χ4n) is 2.38. The fourth-order valence-corrected chi connectivity index (χ4v) is 2.58. The van der Waals surface area contributed by atoms with Crippen LogP contribution in [0.3, 0.4) is 0 Å². The minimum absolute atomic E-state index is 0.0673. The second kappa shape index (κ2) is 6.99. The monoisotopic (exact) mass is 360 g/mol. The van der Waals surface area contributed by atoms with Crippen molar-refractivity contribution in [2.24, 2.45) is 0 Å². The molecule has 0 saturated carbocycles. The molecule has 0 fully saturated rings. The van der Waals surface area contributed by atoms with Gasteiger partial charge in [-0.3, -0.25) is 20.1 Å². The maximum absolute atomic E-state index is 12.8. The van der Waals surface area contributed by atoms with Crippen molar-refractivity contribution in [3.63, 3.8) is 0 Å². The number of fused-ring (bicyclic) bond motifs is 1.